The topological polar surface area (TPSA) is 42.0 Å². The highest BCUT2D eigenvalue weighted by atomic mass is 32.1. The normalized spacial score (nSPS) is 10.3. The van der Waals surface area contributed by atoms with Gasteiger partial charge in [0.2, 0.25) is 0 Å². The molecule has 4 heteroatoms. The van der Waals surface area contributed by atoms with Crippen molar-refractivity contribution in [3.63, 3.8) is 0 Å². The van der Waals surface area contributed by atoms with Crippen LogP contribution in [0.15, 0.2) is 29.6 Å². The predicted molar refractivity (Wildman–Crippen MR) is 74.9 cm³/mol. The van der Waals surface area contributed by atoms with E-state index < -0.39 is 0 Å². The fourth-order valence-corrected chi connectivity index (χ4v) is 2.34. The first kappa shape index (κ1) is 12.8. The zero-order valence-electron chi connectivity index (χ0n) is 10.6. The highest BCUT2D eigenvalue weighted by Crippen LogP contribution is 2.23. The molecule has 0 radical (unpaired) electrons. The Morgan fingerprint density at radius 2 is 2.06 bits per heavy atom. The zero-order chi connectivity index (χ0) is 13.0. The first-order valence-corrected chi connectivity index (χ1v) is 6.89. The minimum absolute atomic E-state index is 0.0912. The fourth-order valence-electron chi connectivity index (χ4n) is 1.54. The third-order valence-electron chi connectivity index (χ3n) is 2.57. The largest absolute Gasteiger partial charge is 0.351 e. The van der Waals surface area contributed by atoms with E-state index in [-0.39, 0.29) is 5.91 Å². The smallest absolute Gasteiger partial charge is 0.270 e. The molecule has 1 aromatic heterocycles. The van der Waals surface area contributed by atoms with Gasteiger partial charge in [-0.25, -0.2) is 4.98 Å². The van der Waals surface area contributed by atoms with Crippen molar-refractivity contribution in [2.75, 3.05) is 6.54 Å². The summed E-state index contributed by atoms with van der Waals surface area (Å²) in [7, 11) is 0. The molecule has 1 heterocycles. The van der Waals surface area contributed by atoms with Crippen LogP contribution in [0, 0.1) is 6.92 Å². The maximum Gasteiger partial charge on any atom is 0.270 e. The van der Waals surface area contributed by atoms with E-state index >= 15 is 0 Å². The van der Waals surface area contributed by atoms with Gasteiger partial charge in [-0.15, -0.1) is 11.3 Å². The average Bonchev–Trinajstić information content (AvgIpc) is 2.86. The molecule has 1 aromatic carbocycles. The summed E-state index contributed by atoms with van der Waals surface area (Å²) >= 11 is 1.50. The SMILES string of the molecule is CCCNC(=O)c1csc(-c2ccc(C)cc2)n1. The van der Waals surface area contributed by atoms with Crippen molar-refractivity contribution in [1.82, 2.24) is 10.3 Å². The molecule has 0 spiro atoms. The molecule has 0 aliphatic rings. The van der Waals surface area contributed by atoms with Crippen LogP contribution in [0.5, 0.6) is 0 Å². The standard InChI is InChI=1S/C14H16N2OS/c1-3-8-15-13(17)12-9-18-14(16-12)11-6-4-10(2)5-7-11/h4-7,9H,3,8H2,1-2H3,(H,15,17). The Morgan fingerprint density at radius 3 is 2.72 bits per heavy atom. The molecular weight excluding hydrogens is 244 g/mol. The van der Waals surface area contributed by atoms with Gasteiger partial charge in [0.05, 0.1) is 0 Å². The summed E-state index contributed by atoms with van der Waals surface area (Å²) in [6.45, 7) is 4.77. The summed E-state index contributed by atoms with van der Waals surface area (Å²) in [4.78, 5) is 16.1. The van der Waals surface area contributed by atoms with Crippen molar-refractivity contribution in [2.24, 2.45) is 0 Å². The second-order valence-corrected chi connectivity index (χ2v) is 5.02. The predicted octanol–water partition coefficient (Wildman–Crippen LogP) is 3.26. The van der Waals surface area contributed by atoms with Crippen LogP contribution in [0.3, 0.4) is 0 Å². The van der Waals surface area contributed by atoms with Gasteiger partial charge in [0, 0.05) is 17.5 Å². The first-order valence-electron chi connectivity index (χ1n) is 6.01. The Bertz CT molecular complexity index is 531. The van der Waals surface area contributed by atoms with Crippen LogP contribution >= 0.6 is 11.3 Å². The number of nitrogens with zero attached hydrogens (tertiary/aromatic N) is 1. The van der Waals surface area contributed by atoms with E-state index in [2.05, 4.69) is 17.2 Å². The number of aromatic nitrogens is 1. The number of benzene rings is 1. The molecular formula is C14H16N2OS. The molecule has 2 rings (SSSR count). The van der Waals surface area contributed by atoms with Crippen LogP contribution in [-0.2, 0) is 0 Å². The minimum Gasteiger partial charge on any atom is -0.351 e. The number of thiazole rings is 1. The summed E-state index contributed by atoms with van der Waals surface area (Å²) in [5, 5.41) is 5.52. The number of carbonyl (C=O) groups excluding carboxylic acids is 1. The number of nitrogens with one attached hydrogen (secondary N) is 1. The monoisotopic (exact) mass is 260 g/mol. The molecule has 0 atom stereocenters. The minimum atomic E-state index is -0.0912. The van der Waals surface area contributed by atoms with E-state index in [0.29, 0.717) is 12.2 Å². The van der Waals surface area contributed by atoms with E-state index in [0.717, 1.165) is 17.0 Å². The Balaban J connectivity index is 2.15. The van der Waals surface area contributed by atoms with E-state index in [1.807, 2.05) is 31.2 Å². The molecule has 0 bridgehead atoms. The molecule has 1 amide bonds. The first-order chi connectivity index (χ1) is 8.70. The van der Waals surface area contributed by atoms with Crippen molar-refractivity contribution < 1.29 is 4.79 Å². The summed E-state index contributed by atoms with van der Waals surface area (Å²) in [6.07, 6.45) is 0.931. The Labute approximate surface area is 111 Å². The summed E-state index contributed by atoms with van der Waals surface area (Å²) in [5.74, 6) is -0.0912. The number of rotatable bonds is 4. The van der Waals surface area contributed by atoms with Crippen LogP contribution in [0.2, 0.25) is 0 Å². The molecule has 94 valence electrons. The van der Waals surface area contributed by atoms with Crippen molar-refractivity contribution in [3.05, 3.63) is 40.9 Å². The highest BCUT2D eigenvalue weighted by molar-refractivity contribution is 7.13. The van der Waals surface area contributed by atoms with E-state index in [1.165, 1.54) is 16.9 Å². The number of hydrogen-bond donors (Lipinski definition) is 1. The van der Waals surface area contributed by atoms with E-state index in [1.54, 1.807) is 5.38 Å². The average molecular weight is 260 g/mol. The molecule has 0 fully saturated rings. The van der Waals surface area contributed by atoms with Gasteiger partial charge in [0.25, 0.3) is 5.91 Å². The fraction of sp³-hybridized carbons (Fsp3) is 0.286. The van der Waals surface area contributed by atoms with Crippen LogP contribution in [0.4, 0.5) is 0 Å². The number of amides is 1. The zero-order valence-corrected chi connectivity index (χ0v) is 11.4. The van der Waals surface area contributed by atoms with Crippen LogP contribution in [0.1, 0.15) is 29.4 Å². The maximum atomic E-state index is 11.7. The molecule has 18 heavy (non-hydrogen) atoms. The molecule has 0 unspecified atom stereocenters. The summed E-state index contributed by atoms with van der Waals surface area (Å²) < 4.78 is 0. The van der Waals surface area contributed by atoms with Gasteiger partial charge in [-0.2, -0.15) is 0 Å². The van der Waals surface area contributed by atoms with Crippen molar-refractivity contribution in [3.8, 4) is 10.6 Å². The number of carbonyl (C=O) groups is 1. The second kappa shape index (κ2) is 5.78. The van der Waals surface area contributed by atoms with E-state index in [9.17, 15) is 4.79 Å². The molecule has 0 aliphatic heterocycles. The van der Waals surface area contributed by atoms with Crippen LogP contribution in [-0.4, -0.2) is 17.4 Å². The lowest BCUT2D eigenvalue weighted by Gasteiger charge is -1.99. The maximum absolute atomic E-state index is 11.7. The van der Waals surface area contributed by atoms with Crippen molar-refractivity contribution in [1.29, 1.82) is 0 Å². The Morgan fingerprint density at radius 1 is 1.33 bits per heavy atom. The van der Waals surface area contributed by atoms with Gasteiger partial charge in [-0.05, 0) is 13.3 Å². The summed E-state index contributed by atoms with van der Waals surface area (Å²) in [5.41, 5.74) is 2.78. The highest BCUT2D eigenvalue weighted by Gasteiger charge is 2.10. The Hall–Kier alpha value is -1.68. The Kier molecular flexibility index (Phi) is 4.10. The van der Waals surface area contributed by atoms with Crippen LogP contribution in [0.25, 0.3) is 10.6 Å². The number of aryl methyl sites for hydroxylation is 1. The van der Waals surface area contributed by atoms with Crippen LogP contribution < -0.4 is 5.32 Å². The number of hydrogen-bond acceptors (Lipinski definition) is 3. The van der Waals surface area contributed by atoms with Gasteiger partial charge in [0.1, 0.15) is 10.7 Å². The quantitative estimate of drug-likeness (QED) is 0.916. The van der Waals surface area contributed by atoms with Crippen molar-refractivity contribution in [2.45, 2.75) is 20.3 Å². The van der Waals surface area contributed by atoms with Gasteiger partial charge in [-0.1, -0.05) is 36.8 Å². The lowest BCUT2D eigenvalue weighted by molar-refractivity contribution is 0.0949. The van der Waals surface area contributed by atoms with Gasteiger partial charge < -0.3 is 5.32 Å². The second-order valence-electron chi connectivity index (χ2n) is 4.16. The molecule has 0 saturated heterocycles. The molecule has 3 nitrogen and oxygen atoms in total. The van der Waals surface area contributed by atoms with Gasteiger partial charge in [-0.3, -0.25) is 4.79 Å². The molecule has 1 N–H and O–H groups in total. The summed E-state index contributed by atoms with van der Waals surface area (Å²) in [6, 6.07) is 8.16. The molecule has 0 saturated carbocycles. The van der Waals surface area contributed by atoms with E-state index in [4.69, 9.17) is 0 Å². The molecule has 2 aromatic rings. The van der Waals surface area contributed by atoms with Crippen molar-refractivity contribution >= 4 is 17.2 Å². The lowest BCUT2D eigenvalue weighted by atomic mass is 10.2. The third kappa shape index (κ3) is 2.96. The van der Waals surface area contributed by atoms with Gasteiger partial charge in [0.15, 0.2) is 0 Å². The van der Waals surface area contributed by atoms with Gasteiger partial charge >= 0.3 is 0 Å². The molecule has 0 aliphatic carbocycles. The lowest BCUT2D eigenvalue weighted by Crippen LogP contribution is -2.24. The third-order valence-corrected chi connectivity index (χ3v) is 3.46.